The van der Waals surface area contributed by atoms with Crippen LogP contribution in [0, 0.1) is 0 Å². The molecule has 1 amide bonds. The van der Waals surface area contributed by atoms with Gasteiger partial charge in [0.05, 0.1) is 0 Å². The number of rotatable bonds is 8. The third-order valence-corrected chi connectivity index (χ3v) is 4.55. The number of carbonyl (C=O) groups excluding carboxylic acids is 1. The average Bonchev–Trinajstić information content (AvgIpc) is 2.61. The molecule has 5 nitrogen and oxygen atoms in total. The van der Waals surface area contributed by atoms with Gasteiger partial charge < -0.3 is 15.5 Å². The van der Waals surface area contributed by atoms with Crippen LogP contribution in [0.2, 0.25) is 0 Å². The molecule has 0 atom stereocenters. The number of benzene rings is 1. The molecule has 0 aromatic heterocycles. The fourth-order valence-electron chi connectivity index (χ4n) is 2.68. The maximum atomic E-state index is 11.7. The van der Waals surface area contributed by atoms with Crippen LogP contribution in [0.4, 0.5) is 0 Å². The Morgan fingerprint density at radius 3 is 2.21 bits per heavy atom. The molecule has 0 heterocycles. The van der Waals surface area contributed by atoms with Crippen molar-refractivity contribution in [2.45, 2.75) is 39.0 Å². The summed E-state index contributed by atoms with van der Waals surface area (Å²) in [5.41, 5.74) is 1.39. The van der Waals surface area contributed by atoms with Gasteiger partial charge in [-0.05, 0) is 25.3 Å². The van der Waals surface area contributed by atoms with Gasteiger partial charge in [0.15, 0.2) is 5.96 Å². The van der Waals surface area contributed by atoms with Gasteiger partial charge in [-0.25, -0.2) is 4.99 Å². The van der Waals surface area contributed by atoms with Crippen molar-refractivity contribution < 1.29 is 4.79 Å². The molecular weight excluding hydrogens is 300 g/mol. The average molecular weight is 332 g/mol. The zero-order valence-electron chi connectivity index (χ0n) is 15.7. The maximum absolute atomic E-state index is 11.7. The first-order chi connectivity index (χ1) is 11.5. The van der Waals surface area contributed by atoms with Crippen molar-refractivity contribution in [2.24, 2.45) is 4.99 Å². The van der Waals surface area contributed by atoms with Gasteiger partial charge in [-0.15, -0.1) is 0 Å². The van der Waals surface area contributed by atoms with Crippen LogP contribution in [0.15, 0.2) is 35.3 Å². The van der Waals surface area contributed by atoms with Crippen LogP contribution in [-0.2, 0) is 10.2 Å². The standard InChI is InChI=1S/C19H32N4O/c1-6-19(7-2,16-12-10-9-11-13-16)15-22-18(20-8-3)21-14-17(24)23(4)5/h9-13H,6-8,14-15H2,1-5H3,(H2,20,21,22). The molecule has 0 aliphatic rings. The highest BCUT2D eigenvalue weighted by atomic mass is 16.2. The Bertz CT molecular complexity index is 521. The maximum Gasteiger partial charge on any atom is 0.243 e. The van der Waals surface area contributed by atoms with Crippen LogP contribution in [0.3, 0.4) is 0 Å². The van der Waals surface area contributed by atoms with Gasteiger partial charge in [0.25, 0.3) is 0 Å². The molecule has 0 saturated carbocycles. The summed E-state index contributed by atoms with van der Waals surface area (Å²) < 4.78 is 0. The minimum absolute atomic E-state index is 0.00694. The van der Waals surface area contributed by atoms with Crippen LogP contribution in [0.25, 0.3) is 0 Å². The first-order valence-electron chi connectivity index (χ1n) is 8.77. The van der Waals surface area contributed by atoms with Crippen LogP contribution in [0.1, 0.15) is 39.2 Å². The van der Waals surface area contributed by atoms with Gasteiger partial charge in [-0.2, -0.15) is 0 Å². The number of carbonyl (C=O) groups is 1. The van der Waals surface area contributed by atoms with E-state index in [-0.39, 0.29) is 17.9 Å². The molecule has 0 spiro atoms. The first kappa shape index (κ1) is 20.0. The van der Waals surface area contributed by atoms with Crippen molar-refractivity contribution in [3.63, 3.8) is 0 Å². The lowest BCUT2D eigenvalue weighted by Crippen LogP contribution is -2.45. The van der Waals surface area contributed by atoms with E-state index in [0.29, 0.717) is 5.96 Å². The van der Waals surface area contributed by atoms with E-state index in [1.807, 2.05) is 13.0 Å². The van der Waals surface area contributed by atoms with Gasteiger partial charge in [-0.1, -0.05) is 44.2 Å². The van der Waals surface area contributed by atoms with E-state index in [4.69, 9.17) is 0 Å². The molecule has 0 saturated heterocycles. The summed E-state index contributed by atoms with van der Waals surface area (Å²) in [6.45, 7) is 8.16. The van der Waals surface area contributed by atoms with E-state index in [9.17, 15) is 4.79 Å². The third kappa shape index (κ3) is 5.55. The number of nitrogens with zero attached hydrogens (tertiary/aromatic N) is 2. The highest BCUT2D eigenvalue weighted by Gasteiger charge is 2.28. The molecule has 0 radical (unpaired) electrons. The lowest BCUT2D eigenvalue weighted by Gasteiger charge is -2.33. The van der Waals surface area contributed by atoms with Crippen molar-refractivity contribution in [3.8, 4) is 0 Å². The fourth-order valence-corrected chi connectivity index (χ4v) is 2.68. The number of aliphatic imine (C=N–C) groups is 1. The van der Waals surface area contributed by atoms with E-state index in [0.717, 1.165) is 25.9 Å². The second-order valence-corrected chi connectivity index (χ2v) is 6.19. The molecule has 2 N–H and O–H groups in total. The molecule has 0 aliphatic carbocycles. The molecule has 0 bridgehead atoms. The molecule has 0 aliphatic heterocycles. The molecule has 24 heavy (non-hydrogen) atoms. The van der Waals surface area contributed by atoms with Crippen molar-refractivity contribution in [1.29, 1.82) is 0 Å². The van der Waals surface area contributed by atoms with Crippen LogP contribution in [-0.4, -0.2) is 50.5 Å². The second kappa shape index (κ2) is 9.96. The van der Waals surface area contributed by atoms with Gasteiger partial charge >= 0.3 is 0 Å². The van der Waals surface area contributed by atoms with Gasteiger partial charge in [0.1, 0.15) is 6.54 Å². The Morgan fingerprint density at radius 2 is 1.71 bits per heavy atom. The molecule has 1 aromatic carbocycles. The van der Waals surface area contributed by atoms with E-state index in [1.54, 1.807) is 19.0 Å². The summed E-state index contributed by atoms with van der Waals surface area (Å²) >= 11 is 0. The van der Waals surface area contributed by atoms with Crippen LogP contribution >= 0.6 is 0 Å². The minimum atomic E-state index is -0.00694. The van der Waals surface area contributed by atoms with E-state index in [2.05, 4.69) is 53.7 Å². The summed E-state index contributed by atoms with van der Waals surface area (Å²) in [7, 11) is 3.49. The number of likely N-dealkylation sites (N-methyl/N-ethyl adjacent to an activating group) is 1. The molecule has 1 aromatic rings. The Labute approximate surface area is 146 Å². The van der Waals surface area contributed by atoms with Crippen molar-refractivity contribution in [1.82, 2.24) is 15.5 Å². The Kier molecular flexibility index (Phi) is 8.30. The number of guanidine groups is 1. The zero-order valence-corrected chi connectivity index (χ0v) is 15.7. The Morgan fingerprint density at radius 1 is 1.08 bits per heavy atom. The van der Waals surface area contributed by atoms with Crippen molar-refractivity contribution in [2.75, 3.05) is 33.7 Å². The normalized spacial score (nSPS) is 12.0. The van der Waals surface area contributed by atoms with Crippen molar-refractivity contribution in [3.05, 3.63) is 35.9 Å². The van der Waals surface area contributed by atoms with Crippen LogP contribution in [0.5, 0.6) is 0 Å². The monoisotopic (exact) mass is 332 g/mol. The van der Waals surface area contributed by atoms with E-state index < -0.39 is 0 Å². The SMILES string of the molecule is CCNC(=NCC(=O)N(C)C)NCC(CC)(CC)c1ccccc1. The summed E-state index contributed by atoms with van der Waals surface area (Å²) in [5.74, 6) is 0.683. The fraction of sp³-hybridized carbons (Fsp3) is 0.579. The molecule has 134 valence electrons. The molecular formula is C19H32N4O. The first-order valence-corrected chi connectivity index (χ1v) is 8.77. The number of hydrogen-bond acceptors (Lipinski definition) is 2. The van der Waals surface area contributed by atoms with Crippen molar-refractivity contribution >= 4 is 11.9 Å². The molecule has 0 fully saturated rings. The summed E-state index contributed by atoms with van der Waals surface area (Å²) in [6.07, 6.45) is 2.08. The number of hydrogen-bond donors (Lipinski definition) is 2. The quantitative estimate of drug-likeness (QED) is 0.568. The lowest BCUT2D eigenvalue weighted by atomic mass is 9.76. The summed E-state index contributed by atoms with van der Waals surface area (Å²) in [4.78, 5) is 17.7. The highest BCUT2D eigenvalue weighted by molar-refractivity contribution is 5.84. The molecule has 0 unspecified atom stereocenters. The lowest BCUT2D eigenvalue weighted by molar-refractivity contribution is -0.127. The van der Waals surface area contributed by atoms with Gasteiger partial charge in [0, 0.05) is 32.6 Å². The molecule has 5 heteroatoms. The van der Waals surface area contributed by atoms with E-state index >= 15 is 0 Å². The number of nitrogens with one attached hydrogen (secondary N) is 2. The Hall–Kier alpha value is -2.04. The number of amides is 1. The summed E-state index contributed by atoms with van der Waals surface area (Å²) in [6, 6.07) is 10.6. The predicted molar refractivity (Wildman–Crippen MR) is 101 cm³/mol. The Balaban J connectivity index is 2.85. The summed E-state index contributed by atoms with van der Waals surface area (Å²) in [5, 5.41) is 6.64. The zero-order chi connectivity index (χ0) is 18.0. The largest absolute Gasteiger partial charge is 0.357 e. The third-order valence-electron chi connectivity index (χ3n) is 4.55. The van der Waals surface area contributed by atoms with E-state index in [1.165, 1.54) is 5.56 Å². The smallest absolute Gasteiger partial charge is 0.243 e. The highest BCUT2D eigenvalue weighted by Crippen LogP contribution is 2.30. The predicted octanol–water partition coefficient (Wildman–Crippen LogP) is 2.39. The second-order valence-electron chi connectivity index (χ2n) is 6.19. The topological polar surface area (TPSA) is 56.7 Å². The van der Waals surface area contributed by atoms with Gasteiger partial charge in [0.2, 0.25) is 5.91 Å². The van der Waals surface area contributed by atoms with Gasteiger partial charge in [-0.3, -0.25) is 4.79 Å². The molecule has 1 rings (SSSR count). The van der Waals surface area contributed by atoms with Crippen LogP contribution < -0.4 is 10.6 Å². The minimum Gasteiger partial charge on any atom is -0.357 e.